The highest BCUT2D eigenvalue weighted by Crippen LogP contribution is 2.24. The topological polar surface area (TPSA) is 66.9 Å². The SMILES string of the molecule is O=C(NCCc1cccc(Cl)c1)Nc1nc(-c2ccncc2)cs1. The minimum absolute atomic E-state index is 0.271. The summed E-state index contributed by atoms with van der Waals surface area (Å²) in [4.78, 5) is 20.3. The predicted molar refractivity (Wildman–Crippen MR) is 97.5 cm³/mol. The molecule has 7 heteroatoms. The number of nitrogens with one attached hydrogen (secondary N) is 2. The molecule has 0 atom stereocenters. The minimum atomic E-state index is -0.271. The van der Waals surface area contributed by atoms with E-state index in [1.807, 2.05) is 41.8 Å². The number of thiazole rings is 1. The van der Waals surface area contributed by atoms with Crippen LogP contribution in [0.25, 0.3) is 11.3 Å². The first-order chi connectivity index (χ1) is 11.7. The Morgan fingerprint density at radius 1 is 1.21 bits per heavy atom. The third kappa shape index (κ3) is 4.53. The van der Waals surface area contributed by atoms with Crippen LogP contribution in [-0.2, 0) is 6.42 Å². The van der Waals surface area contributed by atoms with Crippen LogP contribution in [0.4, 0.5) is 9.93 Å². The molecule has 1 aromatic carbocycles. The lowest BCUT2D eigenvalue weighted by atomic mass is 10.1. The second-order valence-electron chi connectivity index (χ2n) is 5.03. The smallest absolute Gasteiger partial charge is 0.321 e. The molecule has 0 aliphatic rings. The first kappa shape index (κ1) is 16.4. The number of anilines is 1. The van der Waals surface area contributed by atoms with Crippen LogP contribution in [0.15, 0.2) is 54.2 Å². The van der Waals surface area contributed by atoms with Gasteiger partial charge in [-0.1, -0.05) is 23.7 Å². The molecule has 3 rings (SSSR count). The number of hydrogen-bond acceptors (Lipinski definition) is 4. The number of rotatable bonds is 5. The average molecular weight is 359 g/mol. The Labute approximate surface area is 148 Å². The standard InChI is InChI=1S/C17H15ClN4OS/c18-14-3-1-2-12(10-14)4-9-20-16(23)22-17-21-15(11-24-17)13-5-7-19-8-6-13/h1-3,5-8,10-11H,4,9H2,(H2,20,21,22,23). The first-order valence-electron chi connectivity index (χ1n) is 7.36. The molecule has 2 aromatic heterocycles. The zero-order valence-corrected chi connectivity index (χ0v) is 14.3. The number of carbonyl (C=O) groups excluding carboxylic acids is 1. The number of nitrogens with zero attached hydrogens (tertiary/aromatic N) is 2. The molecule has 0 fully saturated rings. The van der Waals surface area contributed by atoms with E-state index in [1.54, 1.807) is 12.4 Å². The normalized spacial score (nSPS) is 10.4. The molecule has 2 N–H and O–H groups in total. The molecule has 0 saturated heterocycles. The first-order valence-corrected chi connectivity index (χ1v) is 8.62. The van der Waals surface area contributed by atoms with E-state index in [2.05, 4.69) is 20.6 Å². The highest BCUT2D eigenvalue weighted by atomic mass is 35.5. The van der Waals surface area contributed by atoms with Crippen molar-refractivity contribution in [2.45, 2.75) is 6.42 Å². The maximum Gasteiger partial charge on any atom is 0.321 e. The van der Waals surface area contributed by atoms with Gasteiger partial charge in [0.1, 0.15) is 0 Å². The molecule has 0 spiro atoms. The zero-order valence-electron chi connectivity index (χ0n) is 12.7. The molecule has 3 aromatic rings. The lowest BCUT2D eigenvalue weighted by Crippen LogP contribution is -2.30. The molecule has 0 aliphatic heterocycles. The summed E-state index contributed by atoms with van der Waals surface area (Å²) in [5.41, 5.74) is 2.87. The van der Waals surface area contributed by atoms with Gasteiger partial charge in [-0.15, -0.1) is 11.3 Å². The average Bonchev–Trinajstić information content (AvgIpc) is 3.04. The lowest BCUT2D eigenvalue weighted by Gasteiger charge is -2.05. The van der Waals surface area contributed by atoms with Gasteiger partial charge in [-0.2, -0.15) is 0 Å². The van der Waals surface area contributed by atoms with Gasteiger partial charge in [-0.05, 0) is 36.2 Å². The Morgan fingerprint density at radius 2 is 2.04 bits per heavy atom. The van der Waals surface area contributed by atoms with Gasteiger partial charge in [0.2, 0.25) is 0 Å². The second kappa shape index (κ2) is 7.90. The van der Waals surface area contributed by atoms with E-state index in [9.17, 15) is 4.79 Å². The van der Waals surface area contributed by atoms with Crippen LogP contribution in [0.5, 0.6) is 0 Å². The van der Waals surface area contributed by atoms with Crippen molar-refractivity contribution in [1.82, 2.24) is 15.3 Å². The van der Waals surface area contributed by atoms with Gasteiger partial charge in [0, 0.05) is 34.9 Å². The van der Waals surface area contributed by atoms with Crippen molar-refractivity contribution >= 4 is 34.1 Å². The van der Waals surface area contributed by atoms with Crippen LogP contribution >= 0.6 is 22.9 Å². The van der Waals surface area contributed by atoms with Crippen LogP contribution in [0.1, 0.15) is 5.56 Å². The third-order valence-corrected chi connectivity index (χ3v) is 4.28. The molecule has 2 heterocycles. The summed E-state index contributed by atoms with van der Waals surface area (Å²) in [6.45, 7) is 0.523. The van der Waals surface area contributed by atoms with Crippen LogP contribution in [-0.4, -0.2) is 22.5 Å². The molecule has 122 valence electrons. The fourth-order valence-electron chi connectivity index (χ4n) is 2.14. The number of amides is 2. The van der Waals surface area contributed by atoms with Gasteiger partial charge in [0.25, 0.3) is 0 Å². The Hall–Kier alpha value is -2.44. The summed E-state index contributed by atoms with van der Waals surface area (Å²) in [5.74, 6) is 0. The van der Waals surface area contributed by atoms with E-state index in [0.29, 0.717) is 23.1 Å². The maximum atomic E-state index is 11.9. The molecule has 0 bridgehead atoms. The van der Waals surface area contributed by atoms with E-state index in [4.69, 9.17) is 11.6 Å². The fourth-order valence-corrected chi connectivity index (χ4v) is 3.07. The molecule has 0 radical (unpaired) electrons. The van der Waals surface area contributed by atoms with Gasteiger partial charge in [-0.3, -0.25) is 10.3 Å². The third-order valence-electron chi connectivity index (χ3n) is 3.29. The van der Waals surface area contributed by atoms with Crippen LogP contribution < -0.4 is 10.6 Å². The summed E-state index contributed by atoms with van der Waals surface area (Å²) in [6.07, 6.45) is 4.14. The Morgan fingerprint density at radius 3 is 2.83 bits per heavy atom. The number of carbonyl (C=O) groups is 1. The van der Waals surface area contributed by atoms with Crippen molar-refractivity contribution in [1.29, 1.82) is 0 Å². The van der Waals surface area contributed by atoms with Gasteiger partial charge in [0.05, 0.1) is 5.69 Å². The Bertz CT molecular complexity index is 822. The summed E-state index contributed by atoms with van der Waals surface area (Å²) < 4.78 is 0. The van der Waals surface area contributed by atoms with Crippen molar-refractivity contribution in [2.24, 2.45) is 0 Å². The molecule has 24 heavy (non-hydrogen) atoms. The van der Waals surface area contributed by atoms with Crippen molar-refractivity contribution in [3.8, 4) is 11.3 Å². The molecular weight excluding hydrogens is 344 g/mol. The highest BCUT2D eigenvalue weighted by molar-refractivity contribution is 7.14. The minimum Gasteiger partial charge on any atom is -0.337 e. The van der Waals surface area contributed by atoms with E-state index < -0.39 is 0 Å². The maximum absolute atomic E-state index is 11.9. The van der Waals surface area contributed by atoms with E-state index >= 15 is 0 Å². The van der Waals surface area contributed by atoms with Crippen molar-refractivity contribution in [3.63, 3.8) is 0 Å². The molecule has 5 nitrogen and oxygen atoms in total. The summed E-state index contributed by atoms with van der Waals surface area (Å²) >= 11 is 7.32. The fraction of sp³-hybridized carbons (Fsp3) is 0.118. The number of aromatic nitrogens is 2. The Balaban J connectivity index is 1.49. The number of hydrogen-bond donors (Lipinski definition) is 2. The van der Waals surface area contributed by atoms with E-state index in [-0.39, 0.29) is 6.03 Å². The van der Waals surface area contributed by atoms with Gasteiger partial charge < -0.3 is 5.32 Å². The number of halogens is 1. The molecule has 0 saturated carbocycles. The Kier molecular flexibility index (Phi) is 5.40. The quantitative estimate of drug-likeness (QED) is 0.717. The van der Waals surface area contributed by atoms with Crippen molar-refractivity contribution in [3.05, 3.63) is 64.8 Å². The molecule has 2 amide bonds. The lowest BCUT2D eigenvalue weighted by molar-refractivity contribution is 0.252. The van der Waals surface area contributed by atoms with Gasteiger partial charge >= 0.3 is 6.03 Å². The molecule has 0 aliphatic carbocycles. The van der Waals surface area contributed by atoms with Gasteiger partial charge in [-0.25, -0.2) is 9.78 Å². The number of urea groups is 1. The summed E-state index contributed by atoms with van der Waals surface area (Å²) in [5, 5.41) is 8.71. The van der Waals surface area contributed by atoms with E-state index in [0.717, 1.165) is 16.8 Å². The van der Waals surface area contributed by atoms with Crippen LogP contribution in [0, 0.1) is 0 Å². The largest absolute Gasteiger partial charge is 0.337 e. The predicted octanol–water partition coefficient (Wildman–Crippen LogP) is 4.22. The van der Waals surface area contributed by atoms with Gasteiger partial charge in [0.15, 0.2) is 5.13 Å². The highest BCUT2D eigenvalue weighted by Gasteiger charge is 2.07. The van der Waals surface area contributed by atoms with E-state index in [1.165, 1.54) is 11.3 Å². The van der Waals surface area contributed by atoms with Crippen LogP contribution in [0.3, 0.4) is 0 Å². The monoisotopic (exact) mass is 358 g/mol. The molecular formula is C17H15ClN4OS. The summed E-state index contributed by atoms with van der Waals surface area (Å²) in [7, 11) is 0. The number of benzene rings is 1. The van der Waals surface area contributed by atoms with Crippen LogP contribution in [0.2, 0.25) is 5.02 Å². The van der Waals surface area contributed by atoms with Crippen molar-refractivity contribution in [2.75, 3.05) is 11.9 Å². The number of pyridine rings is 1. The molecule has 0 unspecified atom stereocenters. The zero-order chi connectivity index (χ0) is 16.8. The summed E-state index contributed by atoms with van der Waals surface area (Å²) in [6, 6.07) is 11.1. The van der Waals surface area contributed by atoms with Crippen molar-refractivity contribution < 1.29 is 4.79 Å². The second-order valence-corrected chi connectivity index (χ2v) is 6.33.